The van der Waals surface area contributed by atoms with Gasteiger partial charge in [-0.25, -0.2) is 4.39 Å². The molecule has 6 heteroatoms. The molecule has 0 heterocycles. The fourth-order valence-corrected chi connectivity index (χ4v) is 1.13. The lowest BCUT2D eigenvalue weighted by Gasteiger charge is -2.20. The van der Waals surface area contributed by atoms with Gasteiger partial charge < -0.3 is 16.2 Å². The quantitative estimate of drug-likeness (QED) is 0.413. The first-order valence-corrected chi connectivity index (χ1v) is 5.28. The molecule has 0 fully saturated rings. The Morgan fingerprint density at radius 2 is 2.18 bits per heavy atom. The van der Waals surface area contributed by atoms with Gasteiger partial charge in [-0.05, 0) is 26.7 Å². The number of esters is 1. The van der Waals surface area contributed by atoms with Crippen molar-refractivity contribution >= 4 is 11.8 Å². The van der Waals surface area contributed by atoms with Crippen molar-refractivity contribution < 1.29 is 13.9 Å². The second kappa shape index (κ2) is 7.01. The summed E-state index contributed by atoms with van der Waals surface area (Å²) in [7, 11) is 1.27. The second-order valence-corrected chi connectivity index (χ2v) is 4.06. The SMILES string of the molecule is COC(=O)[C@@](C)(N)CCC=C(F)CN=C(C)N. The highest BCUT2D eigenvalue weighted by molar-refractivity contribution is 5.79. The monoisotopic (exact) mass is 245 g/mol. The molecule has 0 bridgehead atoms. The Morgan fingerprint density at radius 1 is 1.59 bits per heavy atom. The van der Waals surface area contributed by atoms with E-state index in [0.29, 0.717) is 18.7 Å². The van der Waals surface area contributed by atoms with Crippen LogP contribution in [0.5, 0.6) is 0 Å². The normalized spacial score (nSPS) is 16.5. The van der Waals surface area contributed by atoms with Crippen molar-refractivity contribution in [3.63, 3.8) is 0 Å². The number of hydrogen-bond acceptors (Lipinski definition) is 4. The van der Waals surface area contributed by atoms with Crippen LogP contribution >= 0.6 is 0 Å². The molecule has 0 aliphatic carbocycles. The van der Waals surface area contributed by atoms with Crippen molar-refractivity contribution in [1.82, 2.24) is 0 Å². The summed E-state index contributed by atoms with van der Waals surface area (Å²) >= 11 is 0. The molecule has 0 spiro atoms. The minimum atomic E-state index is -1.10. The van der Waals surface area contributed by atoms with Gasteiger partial charge in [0.1, 0.15) is 11.4 Å². The molecule has 5 nitrogen and oxygen atoms in total. The van der Waals surface area contributed by atoms with E-state index in [0.717, 1.165) is 0 Å². The van der Waals surface area contributed by atoms with Crippen LogP contribution in [-0.2, 0) is 9.53 Å². The zero-order valence-corrected chi connectivity index (χ0v) is 10.5. The number of nitrogens with two attached hydrogens (primary N) is 2. The molecular formula is C11H20FN3O2. The first-order chi connectivity index (χ1) is 7.79. The molecule has 0 aliphatic rings. The minimum absolute atomic E-state index is 0.0815. The number of amidine groups is 1. The van der Waals surface area contributed by atoms with Crippen LogP contribution in [0.4, 0.5) is 4.39 Å². The highest BCUT2D eigenvalue weighted by Gasteiger charge is 2.28. The Labute approximate surface area is 101 Å². The summed E-state index contributed by atoms with van der Waals surface area (Å²) in [4.78, 5) is 14.9. The number of aliphatic imine (C=N–C) groups is 1. The van der Waals surface area contributed by atoms with Crippen LogP contribution < -0.4 is 11.5 Å². The van der Waals surface area contributed by atoms with Gasteiger partial charge in [-0.15, -0.1) is 0 Å². The first-order valence-electron chi connectivity index (χ1n) is 5.28. The fraction of sp³-hybridized carbons (Fsp3) is 0.636. The molecule has 1 atom stereocenters. The van der Waals surface area contributed by atoms with Crippen LogP contribution in [0.3, 0.4) is 0 Å². The topological polar surface area (TPSA) is 90.7 Å². The number of nitrogens with zero attached hydrogens (tertiary/aromatic N) is 1. The summed E-state index contributed by atoms with van der Waals surface area (Å²) < 4.78 is 17.7. The molecule has 0 aromatic carbocycles. The highest BCUT2D eigenvalue weighted by atomic mass is 19.1. The van der Waals surface area contributed by atoms with Gasteiger partial charge in [0.15, 0.2) is 0 Å². The second-order valence-electron chi connectivity index (χ2n) is 4.06. The first kappa shape index (κ1) is 15.6. The van der Waals surface area contributed by atoms with Crippen molar-refractivity contribution in [1.29, 1.82) is 0 Å². The smallest absolute Gasteiger partial charge is 0.325 e. The number of halogens is 1. The Hall–Kier alpha value is -1.43. The van der Waals surface area contributed by atoms with Crippen LogP contribution in [-0.4, -0.2) is 31.0 Å². The molecule has 0 amide bonds. The summed E-state index contributed by atoms with van der Waals surface area (Å²) in [6, 6.07) is 0. The molecule has 98 valence electrons. The van der Waals surface area contributed by atoms with E-state index < -0.39 is 17.3 Å². The van der Waals surface area contributed by atoms with Crippen molar-refractivity contribution in [2.24, 2.45) is 16.5 Å². The van der Waals surface area contributed by atoms with E-state index in [1.807, 2.05) is 0 Å². The van der Waals surface area contributed by atoms with Crippen molar-refractivity contribution in [3.05, 3.63) is 11.9 Å². The average molecular weight is 245 g/mol. The third-order valence-electron chi connectivity index (χ3n) is 2.16. The Bertz CT molecular complexity index is 321. The van der Waals surface area contributed by atoms with Gasteiger partial charge in [-0.2, -0.15) is 0 Å². The largest absolute Gasteiger partial charge is 0.468 e. The van der Waals surface area contributed by atoms with Gasteiger partial charge >= 0.3 is 5.97 Å². The molecule has 0 radical (unpaired) electrons. The molecule has 0 aromatic rings. The van der Waals surface area contributed by atoms with Crippen molar-refractivity contribution in [2.75, 3.05) is 13.7 Å². The zero-order valence-electron chi connectivity index (χ0n) is 10.5. The molecule has 4 N–H and O–H groups in total. The molecule has 17 heavy (non-hydrogen) atoms. The number of ether oxygens (including phenoxy) is 1. The highest BCUT2D eigenvalue weighted by Crippen LogP contribution is 2.12. The summed E-state index contributed by atoms with van der Waals surface area (Å²) in [6.07, 6.45) is 1.99. The molecule has 0 aromatic heterocycles. The molecule has 0 unspecified atom stereocenters. The van der Waals surface area contributed by atoms with Crippen LogP contribution in [0, 0.1) is 0 Å². The molecule has 0 saturated heterocycles. The van der Waals surface area contributed by atoms with Crippen molar-refractivity contribution in [2.45, 2.75) is 32.2 Å². The van der Waals surface area contributed by atoms with E-state index in [9.17, 15) is 9.18 Å². The van der Waals surface area contributed by atoms with Gasteiger partial charge in [-0.3, -0.25) is 9.79 Å². The zero-order chi connectivity index (χ0) is 13.5. The van der Waals surface area contributed by atoms with Gasteiger partial charge in [0, 0.05) is 0 Å². The third-order valence-corrected chi connectivity index (χ3v) is 2.16. The molecule has 0 aliphatic heterocycles. The van der Waals surface area contributed by atoms with E-state index in [-0.39, 0.29) is 6.54 Å². The maximum atomic E-state index is 13.2. The summed E-state index contributed by atoms with van der Waals surface area (Å²) in [5, 5.41) is 0. The number of rotatable bonds is 6. The molecule has 0 saturated carbocycles. The van der Waals surface area contributed by atoms with Crippen LogP contribution in [0.2, 0.25) is 0 Å². The lowest BCUT2D eigenvalue weighted by atomic mass is 9.97. The van der Waals surface area contributed by atoms with Gasteiger partial charge in [0.2, 0.25) is 0 Å². The Kier molecular flexibility index (Phi) is 6.42. The van der Waals surface area contributed by atoms with Crippen LogP contribution in [0.15, 0.2) is 16.9 Å². The van der Waals surface area contributed by atoms with E-state index >= 15 is 0 Å². The standard InChI is InChI=1S/C11H20FN3O2/c1-8(13)15-7-9(12)5-4-6-11(2,14)10(16)17-3/h5H,4,6-7,14H2,1-3H3,(H2,13,15)/t11-/m0/s1. The van der Waals surface area contributed by atoms with E-state index in [4.69, 9.17) is 11.5 Å². The van der Waals surface area contributed by atoms with E-state index in [1.54, 1.807) is 13.8 Å². The number of hydrogen-bond donors (Lipinski definition) is 2. The summed E-state index contributed by atoms with van der Waals surface area (Å²) in [6.45, 7) is 3.05. The van der Waals surface area contributed by atoms with E-state index in [1.165, 1.54) is 13.2 Å². The predicted octanol–water partition coefficient (Wildman–Crippen LogP) is 0.887. The number of carbonyl (C=O) groups excluding carboxylic acids is 1. The lowest BCUT2D eigenvalue weighted by Crippen LogP contribution is -2.45. The maximum absolute atomic E-state index is 13.2. The summed E-state index contributed by atoms with van der Waals surface area (Å²) in [5.41, 5.74) is 9.88. The maximum Gasteiger partial charge on any atom is 0.325 e. The van der Waals surface area contributed by atoms with Gasteiger partial charge in [0.05, 0.1) is 19.5 Å². The third kappa shape index (κ3) is 6.68. The van der Waals surface area contributed by atoms with Crippen LogP contribution in [0.25, 0.3) is 0 Å². The lowest BCUT2D eigenvalue weighted by molar-refractivity contribution is -0.146. The van der Waals surface area contributed by atoms with E-state index in [2.05, 4.69) is 9.73 Å². The fourth-order valence-electron chi connectivity index (χ4n) is 1.13. The number of methoxy groups -OCH3 is 1. The minimum Gasteiger partial charge on any atom is -0.468 e. The Balaban J connectivity index is 4.17. The average Bonchev–Trinajstić information content (AvgIpc) is 2.24. The van der Waals surface area contributed by atoms with Crippen LogP contribution in [0.1, 0.15) is 26.7 Å². The summed E-state index contributed by atoms with van der Waals surface area (Å²) in [5.74, 6) is -0.579. The van der Waals surface area contributed by atoms with Gasteiger partial charge in [0.25, 0.3) is 0 Å². The number of allylic oxidation sites excluding steroid dienone is 1. The van der Waals surface area contributed by atoms with Crippen molar-refractivity contribution in [3.8, 4) is 0 Å². The molecular weight excluding hydrogens is 225 g/mol. The van der Waals surface area contributed by atoms with Gasteiger partial charge in [-0.1, -0.05) is 6.08 Å². The number of carbonyl (C=O) groups is 1. The predicted molar refractivity (Wildman–Crippen MR) is 65.2 cm³/mol. The Morgan fingerprint density at radius 3 is 2.65 bits per heavy atom. The molecule has 0 rings (SSSR count).